The van der Waals surface area contributed by atoms with Gasteiger partial charge < -0.3 is 10.6 Å². The molecule has 0 aliphatic rings. The molecule has 30 heavy (non-hydrogen) atoms. The summed E-state index contributed by atoms with van der Waals surface area (Å²) in [5.41, 5.74) is 2.42. The lowest BCUT2D eigenvalue weighted by molar-refractivity contribution is 0.599. The minimum absolute atomic E-state index is 0.128. The summed E-state index contributed by atoms with van der Waals surface area (Å²) in [7, 11) is -1.55. The van der Waals surface area contributed by atoms with Crippen LogP contribution in [0.2, 0.25) is 0 Å². The van der Waals surface area contributed by atoms with Gasteiger partial charge in [0.15, 0.2) is 15.8 Å². The number of guanidine groups is 1. The van der Waals surface area contributed by atoms with Gasteiger partial charge in [0.1, 0.15) is 5.82 Å². The monoisotopic (exact) mass is 427 g/mol. The number of hydrogen-bond donors (Lipinski definition) is 2. The molecule has 0 saturated carbocycles. The van der Waals surface area contributed by atoms with Crippen molar-refractivity contribution in [2.24, 2.45) is 4.99 Å². The maximum atomic E-state index is 13.7. The first-order valence-electron chi connectivity index (χ1n) is 9.72. The molecule has 0 saturated heterocycles. The maximum absolute atomic E-state index is 13.7. The highest BCUT2D eigenvalue weighted by Crippen LogP contribution is 2.18. The summed E-state index contributed by atoms with van der Waals surface area (Å²) in [5, 5.41) is 8.84. The first-order chi connectivity index (χ1) is 14.4. The van der Waals surface area contributed by atoms with Gasteiger partial charge in [0.05, 0.1) is 5.75 Å². The normalized spacial score (nSPS) is 12.2. The van der Waals surface area contributed by atoms with Crippen molar-refractivity contribution in [3.05, 3.63) is 83.2 Å². The molecule has 3 aromatic carbocycles. The molecule has 0 heterocycles. The quantitative estimate of drug-likeness (QED) is 0.448. The molecule has 0 radical (unpaired) electrons. The molecule has 2 N–H and O–H groups in total. The first kappa shape index (κ1) is 21.8. The van der Waals surface area contributed by atoms with Gasteiger partial charge in [-0.25, -0.2) is 12.8 Å². The minimum atomic E-state index is -3.22. The molecule has 3 aromatic rings. The zero-order valence-corrected chi connectivity index (χ0v) is 18.0. The van der Waals surface area contributed by atoms with Crippen molar-refractivity contribution in [1.82, 2.24) is 10.6 Å². The summed E-state index contributed by atoms with van der Waals surface area (Å²) in [5.74, 6) is 0.0463. The van der Waals surface area contributed by atoms with Crippen LogP contribution in [-0.4, -0.2) is 34.2 Å². The molecule has 158 valence electrons. The summed E-state index contributed by atoms with van der Waals surface area (Å²) < 4.78 is 37.0. The second-order valence-corrected chi connectivity index (χ2v) is 9.36. The zero-order valence-electron chi connectivity index (χ0n) is 17.2. The van der Waals surface area contributed by atoms with Gasteiger partial charge in [-0.3, -0.25) is 4.99 Å². The summed E-state index contributed by atoms with van der Waals surface area (Å²) in [6, 6.07) is 18.7. The van der Waals surface area contributed by atoms with E-state index in [0.717, 1.165) is 6.42 Å². The Morgan fingerprint density at radius 3 is 2.50 bits per heavy atom. The van der Waals surface area contributed by atoms with Crippen molar-refractivity contribution >= 4 is 26.6 Å². The minimum Gasteiger partial charge on any atom is -0.356 e. The third-order valence-electron chi connectivity index (χ3n) is 4.82. The topological polar surface area (TPSA) is 70.6 Å². The van der Waals surface area contributed by atoms with Gasteiger partial charge in [-0.15, -0.1) is 0 Å². The van der Waals surface area contributed by atoms with Crippen LogP contribution in [0.3, 0.4) is 0 Å². The number of sulfone groups is 1. The van der Waals surface area contributed by atoms with Crippen LogP contribution in [-0.2, 0) is 28.6 Å². The molecule has 0 spiro atoms. The van der Waals surface area contributed by atoms with Crippen LogP contribution in [0.25, 0.3) is 10.8 Å². The number of nitrogens with one attached hydrogen (secondary N) is 2. The van der Waals surface area contributed by atoms with E-state index in [-0.39, 0.29) is 12.3 Å². The van der Waals surface area contributed by atoms with E-state index in [1.165, 1.54) is 40.8 Å². The van der Waals surface area contributed by atoms with E-state index in [2.05, 4.69) is 46.0 Å². The molecule has 7 heteroatoms. The predicted octanol–water partition coefficient (Wildman–Crippen LogP) is 3.43. The zero-order chi connectivity index (χ0) is 21.6. The molecule has 0 atom stereocenters. The molecule has 0 aliphatic heterocycles. The molecule has 3 rings (SSSR count). The van der Waals surface area contributed by atoms with Crippen LogP contribution >= 0.6 is 0 Å². The van der Waals surface area contributed by atoms with Gasteiger partial charge in [0.25, 0.3) is 0 Å². The fourth-order valence-electron chi connectivity index (χ4n) is 3.41. The van der Waals surface area contributed by atoms with E-state index in [0.29, 0.717) is 23.6 Å². The fourth-order valence-corrected chi connectivity index (χ4v) is 4.25. The van der Waals surface area contributed by atoms with Crippen LogP contribution in [0, 0.1) is 5.82 Å². The Morgan fingerprint density at radius 2 is 1.73 bits per heavy atom. The maximum Gasteiger partial charge on any atom is 0.191 e. The van der Waals surface area contributed by atoms with Gasteiger partial charge in [-0.2, -0.15) is 0 Å². The van der Waals surface area contributed by atoms with Crippen LogP contribution in [0.4, 0.5) is 4.39 Å². The largest absolute Gasteiger partial charge is 0.356 e. The average Bonchev–Trinajstić information content (AvgIpc) is 2.71. The van der Waals surface area contributed by atoms with Crippen molar-refractivity contribution in [3.8, 4) is 0 Å². The molecule has 0 aromatic heterocycles. The number of aliphatic imine (C=N–C) groups is 1. The number of hydrogen-bond acceptors (Lipinski definition) is 3. The van der Waals surface area contributed by atoms with Gasteiger partial charge in [0, 0.05) is 26.4 Å². The Morgan fingerprint density at radius 1 is 0.967 bits per heavy atom. The molecule has 0 bridgehead atoms. The number of fused-ring (bicyclic) bond motifs is 1. The number of halogens is 1. The average molecular weight is 428 g/mol. The second-order valence-electron chi connectivity index (χ2n) is 7.22. The van der Waals surface area contributed by atoms with Crippen LogP contribution in [0.1, 0.15) is 16.7 Å². The predicted molar refractivity (Wildman–Crippen MR) is 121 cm³/mol. The Bertz CT molecular complexity index is 1150. The molecule has 0 unspecified atom stereocenters. The molecule has 5 nitrogen and oxygen atoms in total. The van der Waals surface area contributed by atoms with Crippen molar-refractivity contribution in [2.75, 3.05) is 19.8 Å². The highest BCUT2D eigenvalue weighted by atomic mass is 32.2. The first-order valence-corrected chi connectivity index (χ1v) is 11.8. The summed E-state index contributed by atoms with van der Waals surface area (Å²) in [4.78, 5) is 4.21. The van der Waals surface area contributed by atoms with Crippen molar-refractivity contribution < 1.29 is 12.8 Å². The molecule has 0 fully saturated rings. The highest BCUT2D eigenvalue weighted by molar-refractivity contribution is 7.89. The standard InChI is InChI=1S/C23H26FN3O2S/c1-25-23(26-13-12-18-8-5-7-17-6-3-4-9-22(17)18)27-15-20-14-21(24)11-10-19(20)16-30(2,28)29/h3-11,14H,12-13,15-16H2,1-2H3,(H2,25,26,27). The third kappa shape index (κ3) is 6.03. The Labute approximate surface area is 177 Å². The van der Waals surface area contributed by atoms with Gasteiger partial charge in [0.2, 0.25) is 0 Å². The molecule has 0 aliphatic carbocycles. The SMILES string of the molecule is CN=C(NCCc1cccc2ccccc12)NCc1cc(F)ccc1CS(C)(=O)=O. The van der Waals surface area contributed by atoms with Crippen LogP contribution < -0.4 is 10.6 Å². The van der Waals surface area contributed by atoms with Crippen LogP contribution in [0.5, 0.6) is 0 Å². The Balaban J connectivity index is 1.61. The smallest absolute Gasteiger partial charge is 0.191 e. The van der Waals surface area contributed by atoms with Gasteiger partial charge in [-0.05, 0) is 46.0 Å². The highest BCUT2D eigenvalue weighted by Gasteiger charge is 2.11. The summed E-state index contributed by atoms with van der Waals surface area (Å²) >= 11 is 0. The summed E-state index contributed by atoms with van der Waals surface area (Å²) in [6.07, 6.45) is 1.99. The van der Waals surface area contributed by atoms with Gasteiger partial charge in [-0.1, -0.05) is 48.5 Å². The molecular weight excluding hydrogens is 401 g/mol. The number of rotatable bonds is 7. The van der Waals surface area contributed by atoms with Crippen molar-refractivity contribution in [1.29, 1.82) is 0 Å². The lowest BCUT2D eigenvalue weighted by atomic mass is 10.0. The molecule has 0 amide bonds. The Kier molecular flexibility index (Phi) is 7.05. The molecular formula is C23H26FN3O2S. The van der Waals surface area contributed by atoms with E-state index < -0.39 is 15.7 Å². The lowest BCUT2D eigenvalue weighted by Gasteiger charge is -2.15. The van der Waals surface area contributed by atoms with E-state index in [1.54, 1.807) is 7.05 Å². The number of benzene rings is 3. The third-order valence-corrected chi connectivity index (χ3v) is 5.66. The van der Waals surface area contributed by atoms with E-state index in [9.17, 15) is 12.8 Å². The van der Waals surface area contributed by atoms with E-state index in [1.807, 2.05) is 12.1 Å². The van der Waals surface area contributed by atoms with Crippen molar-refractivity contribution in [2.45, 2.75) is 18.7 Å². The lowest BCUT2D eigenvalue weighted by Crippen LogP contribution is -2.38. The fraction of sp³-hybridized carbons (Fsp3) is 0.261. The number of nitrogens with zero attached hydrogens (tertiary/aromatic N) is 1. The Hall–Kier alpha value is -2.93. The van der Waals surface area contributed by atoms with E-state index >= 15 is 0 Å². The van der Waals surface area contributed by atoms with Crippen LogP contribution in [0.15, 0.2) is 65.7 Å². The summed E-state index contributed by atoms with van der Waals surface area (Å²) in [6.45, 7) is 0.948. The second kappa shape index (κ2) is 9.71. The van der Waals surface area contributed by atoms with Gasteiger partial charge >= 0.3 is 0 Å². The van der Waals surface area contributed by atoms with Crippen molar-refractivity contribution in [3.63, 3.8) is 0 Å². The van der Waals surface area contributed by atoms with E-state index in [4.69, 9.17) is 0 Å².